The molecule has 2 N–H and O–H groups in total. The van der Waals surface area contributed by atoms with Gasteiger partial charge < -0.3 is 5.32 Å². The Morgan fingerprint density at radius 1 is 1.43 bits per heavy atom. The summed E-state index contributed by atoms with van der Waals surface area (Å²) in [6.07, 6.45) is 2.75. The molecule has 0 radical (unpaired) electrons. The Labute approximate surface area is 85.3 Å². The van der Waals surface area contributed by atoms with Crippen LogP contribution in [-0.4, -0.2) is 24.1 Å². The minimum Gasteiger partial charge on any atom is -0.353 e. The third-order valence-electron chi connectivity index (χ3n) is 1.77. The van der Waals surface area contributed by atoms with Gasteiger partial charge in [-0.1, -0.05) is 0 Å². The lowest BCUT2D eigenvalue weighted by Crippen LogP contribution is -2.33. The van der Waals surface area contributed by atoms with Crippen LogP contribution in [0.3, 0.4) is 0 Å². The quantitative estimate of drug-likeness (QED) is 0.513. The lowest BCUT2D eigenvalue weighted by atomic mass is 10.2. The van der Waals surface area contributed by atoms with Gasteiger partial charge in [0.2, 0.25) is 5.91 Å². The molecule has 0 aromatic rings. The van der Waals surface area contributed by atoms with Crippen molar-refractivity contribution < 1.29 is 9.63 Å². The first kappa shape index (κ1) is 11.5. The average molecular weight is 200 g/mol. The van der Waals surface area contributed by atoms with Crippen molar-refractivity contribution in [1.29, 1.82) is 0 Å². The summed E-state index contributed by atoms with van der Waals surface area (Å²) >= 11 is 0. The molecule has 0 saturated heterocycles. The lowest BCUT2D eigenvalue weighted by molar-refractivity contribution is -0.123. The van der Waals surface area contributed by atoms with E-state index in [0.717, 1.165) is 12.8 Å². The van der Waals surface area contributed by atoms with Gasteiger partial charge in [0.25, 0.3) is 0 Å². The lowest BCUT2D eigenvalue weighted by Gasteiger charge is -2.19. The van der Waals surface area contributed by atoms with Crippen LogP contribution in [0.25, 0.3) is 0 Å². The van der Waals surface area contributed by atoms with Crippen molar-refractivity contribution in [2.45, 2.75) is 51.7 Å². The van der Waals surface area contributed by atoms with Crippen molar-refractivity contribution >= 4 is 5.91 Å². The summed E-state index contributed by atoms with van der Waals surface area (Å²) in [5.41, 5.74) is 2.59. The largest absolute Gasteiger partial charge is 0.353 e. The van der Waals surface area contributed by atoms with Gasteiger partial charge in [-0.3, -0.25) is 9.63 Å². The fraction of sp³-hybridized carbons (Fsp3) is 0.900. The maximum atomic E-state index is 11.2. The van der Waals surface area contributed by atoms with Crippen LogP contribution in [0.4, 0.5) is 0 Å². The van der Waals surface area contributed by atoms with Crippen LogP contribution in [0.5, 0.6) is 0 Å². The molecule has 1 aliphatic carbocycles. The van der Waals surface area contributed by atoms with Crippen LogP contribution in [0.1, 0.15) is 40.0 Å². The van der Waals surface area contributed by atoms with Crippen molar-refractivity contribution in [3.8, 4) is 0 Å². The highest BCUT2D eigenvalue weighted by Gasteiger charge is 2.22. The van der Waals surface area contributed by atoms with E-state index in [1.165, 1.54) is 0 Å². The first-order valence-electron chi connectivity index (χ1n) is 5.17. The Morgan fingerprint density at radius 3 is 2.57 bits per heavy atom. The normalized spacial score (nSPS) is 16.8. The van der Waals surface area contributed by atoms with Crippen molar-refractivity contribution in [2.75, 3.05) is 6.54 Å². The number of hydrogen-bond donors (Lipinski definition) is 2. The highest BCUT2D eigenvalue weighted by Crippen LogP contribution is 2.18. The average Bonchev–Trinajstić information content (AvgIpc) is 2.80. The van der Waals surface area contributed by atoms with Gasteiger partial charge in [-0.25, -0.2) is 5.48 Å². The number of carbonyl (C=O) groups is 1. The van der Waals surface area contributed by atoms with Crippen molar-refractivity contribution in [2.24, 2.45) is 0 Å². The van der Waals surface area contributed by atoms with Crippen molar-refractivity contribution in [3.63, 3.8) is 0 Å². The number of nitrogens with one attached hydrogen (secondary N) is 2. The minimum atomic E-state index is -0.201. The van der Waals surface area contributed by atoms with E-state index in [-0.39, 0.29) is 11.5 Å². The topological polar surface area (TPSA) is 50.4 Å². The fourth-order valence-electron chi connectivity index (χ4n) is 0.960. The molecular formula is C10H20N2O2. The predicted molar refractivity (Wildman–Crippen MR) is 54.6 cm³/mol. The van der Waals surface area contributed by atoms with Crippen LogP contribution in [0, 0.1) is 0 Å². The summed E-state index contributed by atoms with van der Waals surface area (Å²) in [5.74, 6) is 0.109. The first-order chi connectivity index (χ1) is 6.47. The zero-order valence-corrected chi connectivity index (χ0v) is 9.22. The van der Waals surface area contributed by atoms with Gasteiger partial charge in [0, 0.05) is 19.0 Å². The van der Waals surface area contributed by atoms with Crippen LogP contribution < -0.4 is 10.8 Å². The SMILES string of the molecule is CC(C)(C)ONCCC(=O)NC1CC1. The van der Waals surface area contributed by atoms with Crippen LogP contribution in [0.15, 0.2) is 0 Å². The van der Waals surface area contributed by atoms with Gasteiger partial charge >= 0.3 is 0 Å². The van der Waals surface area contributed by atoms with Crippen molar-refractivity contribution in [3.05, 3.63) is 0 Å². The van der Waals surface area contributed by atoms with Gasteiger partial charge in [0.05, 0.1) is 5.60 Å². The molecule has 0 aromatic heterocycles. The predicted octanol–water partition coefficient (Wildman–Crippen LogP) is 0.975. The molecule has 0 aliphatic heterocycles. The highest BCUT2D eigenvalue weighted by molar-refractivity contribution is 5.76. The zero-order chi connectivity index (χ0) is 10.6. The summed E-state index contributed by atoms with van der Waals surface area (Å²) in [5, 5.41) is 2.92. The Bertz CT molecular complexity index is 195. The van der Waals surface area contributed by atoms with E-state index in [2.05, 4.69) is 10.8 Å². The maximum Gasteiger partial charge on any atom is 0.221 e. The molecule has 4 heteroatoms. The summed E-state index contributed by atoms with van der Waals surface area (Å²) in [4.78, 5) is 16.5. The standard InChI is InChI=1S/C10H20N2O2/c1-10(2,3)14-11-7-6-9(13)12-8-4-5-8/h8,11H,4-7H2,1-3H3,(H,12,13). The second-order valence-electron chi connectivity index (χ2n) is 4.70. The minimum absolute atomic E-state index is 0.109. The zero-order valence-electron chi connectivity index (χ0n) is 9.22. The van der Waals surface area contributed by atoms with Gasteiger partial charge in [-0.15, -0.1) is 0 Å². The monoisotopic (exact) mass is 200 g/mol. The van der Waals surface area contributed by atoms with Crippen LogP contribution in [-0.2, 0) is 9.63 Å². The molecular weight excluding hydrogens is 180 g/mol. The van der Waals surface area contributed by atoms with Crippen LogP contribution in [0.2, 0.25) is 0 Å². The Morgan fingerprint density at radius 2 is 2.07 bits per heavy atom. The Hall–Kier alpha value is -0.610. The Balaban J connectivity index is 1.94. The first-order valence-corrected chi connectivity index (χ1v) is 5.17. The molecule has 1 fully saturated rings. The molecule has 0 bridgehead atoms. The van der Waals surface area contributed by atoms with Gasteiger partial charge in [0.15, 0.2) is 0 Å². The van der Waals surface area contributed by atoms with Gasteiger partial charge in [-0.05, 0) is 33.6 Å². The summed E-state index contributed by atoms with van der Waals surface area (Å²) in [6, 6.07) is 0.450. The maximum absolute atomic E-state index is 11.2. The molecule has 1 amide bonds. The molecule has 0 unspecified atom stereocenters. The smallest absolute Gasteiger partial charge is 0.221 e. The number of carbonyl (C=O) groups excluding carboxylic acids is 1. The molecule has 82 valence electrons. The van der Waals surface area contributed by atoms with E-state index in [9.17, 15) is 4.79 Å². The third-order valence-corrected chi connectivity index (χ3v) is 1.77. The molecule has 0 atom stereocenters. The molecule has 0 aromatic carbocycles. The fourth-order valence-corrected chi connectivity index (χ4v) is 0.960. The number of hydroxylamine groups is 1. The second kappa shape index (κ2) is 4.75. The van der Waals surface area contributed by atoms with Gasteiger partial charge in [-0.2, -0.15) is 0 Å². The molecule has 1 aliphatic rings. The molecule has 1 rings (SSSR count). The number of hydrogen-bond acceptors (Lipinski definition) is 3. The van der Waals surface area contributed by atoms with E-state index in [4.69, 9.17) is 4.84 Å². The number of amides is 1. The number of rotatable bonds is 5. The molecule has 4 nitrogen and oxygen atoms in total. The molecule has 1 saturated carbocycles. The third kappa shape index (κ3) is 5.94. The molecule has 14 heavy (non-hydrogen) atoms. The molecule has 0 spiro atoms. The highest BCUT2D eigenvalue weighted by atomic mass is 16.7. The van der Waals surface area contributed by atoms with E-state index < -0.39 is 0 Å². The summed E-state index contributed by atoms with van der Waals surface area (Å²) < 4.78 is 0. The van der Waals surface area contributed by atoms with Gasteiger partial charge in [0.1, 0.15) is 0 Å². The molecule has 0 heterocycles. The summed E-state index contributed by atoms with van der Waals surface area (Å²) in [7, 11) is 0. The second-order valence-corrected chi connectivity index (χ2v) is 4.70. The van der Waals surface area contributed by atoms with Crippen LogP contribution >= 0.6 is 0 Å². The summed E-state index contributed by atoms with van der Waals surface area (Å²) in [6.45, 7) is 6.45. The van der Waals surface area contributed by atoms with E-state index >= 15 is 0 Å². The van der Waals surface area contributed by atoms with Crippen molar-refractivity contribution in [1.82, 2.24) is 10.8 Å². The van der Waals surface area contributed by atoms with E-state index in [1.807, 2.05) is 20.8 Å². The Kier molecular flexibility index (Phi) is 3.89. The van der Waals surface area contributed by atoms with E-state index in [0.29, 0.717) is 19.0 Å². The van der Waals surface area contributed by atoms with E-state index in [1.54, 1.807) is 0 Å².